The Bertz CT molecular complexity index is 1020. The lowest BCUT2D eigenvalue weighted by Gasteiger charge is -2.36. The van der Waals surface area contributed by atoms with Crippen molar-refractivity contribution in [2.45, 2.75) is 19.9 Å². The highest BCUT2D eigenvalue weighted by molar-refractivity contribution is 9.10. The molecule has 4 N–H and O–H groups in total. The summed E-state index contributed by atoms with van der Waals surface area (Å²) in [4.78, 5) is 18.4. The van der Waals surface area contributed by atoms with Crippen LogP contribution in [0.3, 0.4) is 0 Å². The zero-order valence-corrected chi connectivity index (χ0v) is 19.9. The Hall–Kier alpha value is -2.15. The summed E-state index contributed by atoms with van der Waals surface area (Å²) in [5, 5.41) is 5.98. The lowest BCUT2D eigenvalue weighted by molar-refractivity contribution is 0.102. The fraction of sp³-hybridized carbons (Fsp3) is 0.474. The standard InChI is InChI=1S/C19H27BrN6O4S/c1-13(2)22-6-11-31(28,29)26-9-7-25(8-10-26)16-5-3-4-14(20)17(16)24-18(27)15-12-30-19(21)23-15/h3-5,12-13,22H,6-11H2,1-2H3,(H2,21,23)(H,24,27). The Labute approximate surface area is 190 Å². The van der Waals surface area contributed by atoms with Gasteiger partial charge < -0.3 is 25.7 Å². The summed E-state index contributed by atoms with van der Waals surface area (Å²) in [6.45, 7) is 6.16. The summed E-state index contributed by atoms with van der Waals surface area (Å²) in [5.74, 6) is -0.378. The van der Waals surface area contributed by atoms with E-state index < -0.39 is 15.9 Å². The second-order valence-corrected chi connectivity index (χ2v) is 10.4. The molecule has 2 heterocycles. The molecule has 10 nitrogen and oxygen atoms in total. The first-order chi connectivity index (χ1) is 14.7. The first kappa shape index (κ1) is 23.5. The van der Waals surface area contributed by atoms with Gasteiger partial charge in [0.2, 0.25) is 10.0 Å². The van der Waals surface area contributed by atoms with Crippen LogP contribution in [0.25, 0.3) is 0 Å². The molecule has 2 aromatic rings. The molecule has 1 aromatic heterocycles. The van der Waals surface area contributed by atoms with Crippen LogP contribution in [-0.2, 0) is 10.0 Å². The quantitative estimate of drug-likeness (QED) is 0.484. The molecular formula is C19H27BrN6O4S. The molecule has 0 bridgehead atoms. The molecule has 170 valence electrons. The van der Waals surface area contributed by atoms with Crippen LogP contribution >= 0.6 is 15.9 Å². The van der Waals surface area contributed by atoms with Crippen molar-refractivity contribution in [2.24, 2.45) is 0 Å². The Morgan fingerprint density at radius 3 is 2.61 bits per heavy atom. The zero-order valence-electron chi connectivity index (χ0n) is 17.5. The van der Waals surface area contributed by atoms with Crippen molar-refractivity contribution < 1.29 is 17.6 Å². The van der Waals surface area contributed by atoms with Crippen LogP contribution in [0.5, 0.6) is 0 Å². The molecule has 31 heavy (non-hydrogen) atoms. The zero-order chi connectivity index (χ0) is 22.6. The third-order valence-electron chi connectivity index (χ3n) is 4.87. The van der Waals surface area contributed by atoms with Crippen LogP contribution < -0.4 is 21.3 Å². The second-order valence-electron chi connectivity index (χ2n) is 7.47. The number of benzene rings is 1. The minimum atomic E-state index is -3.32. The summed E-state index contributed by atoms with van der Waals surface area (Å²) in [6, 6.07) is 5.72. The SMILES string of the molecule is CC(C)NCCS(=O)(=O)N1CCN(c2cccc(Br)c2NC(=O)c2coc(N)n2)CC1. The first-order valence-electron chi connectivity index (χ1n) is 9.94. The smallest absolute Gasteiger partial charge is 0.292 e. The third-order valence-corrected chi connectivity index (χ3v) is 7.40. The van der Waals surface area contributed by atoms with E-state index in [1.165, 1.54) is 10.6 Å². The number of aromatic nitrogens is 1. The summed E-state index contributed by atoms with van der Waals surface area (Å²) in [7, 11) is -3.32. The number of hydrogen-bond donors (Lipinski definition) is 3. The van der Waals surface area contributed by atoms with E-state index in [2.05, 4.69) is 36.4 Å². The normalized spacial score (nSPS) is 15.4. The molecule has 0 radical (unpaired) electrons. The monoisotopic (exact) mass is 514 g/mol. The number of rotatable bonds is 8. The van der Waals surface area contributed by atoms with E-state index in [0.717, 1.165) is 5.69 Å². The highest BCUT2D eigenvalue weighted by atomic mass is 79.9. The molecule has 12 heteroatoms. The fourth-order valence-electron chi connectivity index (χ4n) is 3.28. The van der Waals surface area contributed by atoms with Gasteiger partial charge in [0.05, 0.1) is 17.1 Å². The number of carbonyl (C=O) groups is 1. The minimum absolute atomic E-state index is 0.0736. The van der Waals surface area contributed by atoms with E-state index in [4.69, 9.17) is 10.2 Å². The lowest BCUT2D eigenvalue weighted by Crippen LogP contribution is -2.50. The van der Waals surface area contributed by atoms with E-state index >= 15 is 0 Å². The Balaban J connectivity index is 1.68. The molecule has 0 unspecified atom stereocenters. The van der Waals surface area contributed by atoms with E-state index in [0.29, 0.717) is 42.9 Å². The number of amides is 1. The minimum Gasteiger partial charge on any atom is -0.431 e. The van der Waals surface area contributed by atoms with Gasteiger partial charge in [0.1, 0.15) is 6.26 Å². The predicted molar refractivity (Wildman–Crippen MR) is 124 cm³/mol. The van der Waals surface area contributed by atoms with Gasteiger partial charge in [-0.05, 0) is 28.1 Å². The van der Waals surface area contributed by atoms with E-state index in [-0.39, 0.29) is 23.5 Å². The number of anilines is 3. The topological polar surface area (TPSA) is 134 Å². The summed E-state index contributed by atoms with van der Waals surface area (Å²) in [6.07, 6.45) is 1.19. The van der Waals surface area contributed by atoms with Crippen LogP contribution in [0, 0.1) is 0 Å². The number of hydrogen-bond acceptors (Lipinski definition) is 8. The van der Waals surface area contributed by atoms with Crippen LogP contribution in [0.15, 0.2) is 33.4 Å². The van der Waals surface area contributed by atoms with Crippen molar-refractivity contribution in [1.82, 2.24) is 14.6 Å². The van der Waals surface area contributed by atoms with Crippen molar-refractivity contribution in [3.05, 3.63) is 34.6 Å². The third kappa shape index (κ3) is 5.97. The van der Waals surface area contributed by atoms with Crippen molar-refractivity contribution in [1.29, 1.82) is 0 Å². The predicted octanol–water partition coefficient (Wildman–Crippen LogP) is 1.72. The molecule has 0 spiro atoms. The summed E-state index contributed by atoms with van der Waals surface area (Å²) < 4.78 is 32.4. The van der Waals surface area contributed by atoms with Crippen LogP contribution in [0.1, 0.15) is 24.3 Å². The lowest BCUT2D eigenvalue weighted by atomic mass is 10.2. The molecule has 0 aliphatic carbocycles. The van der Waals surface area contributed by atoms with Crippen molar-refractivity contribution in [3.8, 4) is 0 Å². The van der Waals surface area contributed by atoms with Gasteiger partial charge in [-0.25, -0.2) is 8.42 Å². The molecule has 1 aromatic carbocycles. The van der Waals surface area contributed by atoms with Crippen molar-refractivity contribution in [3.63, 3.8) is 0 Å². The maximum atomic E-state index is 12.6. The number of nitrogens with two attached hydrogens (primary N) is 1. The van der Waals surface area contributed by atoms with Crippen molar-refractivity contribution in [2.75, 3.05) is 54.4 Å². The fourth-order valence-corrected chi connectivity index (χ4v) is 5.09. The number of carbonyl (C=O) groups excluding carboxylic acids is 1. The number of nitrogens with one attached hydrogen (secondary N) is 2. The molecule has 0 atom stereocenters. The number of sulfonamides is 1. The average Bonchev–Trinajstić information content (AvgIpc) is 3.15. The van der Waals surface area contributed by atoms with Crippen molar-refractivity contribution >= 4 is 49.2 Å². The van der Waals surface area contributed by atoms with Crippen LogP contribution in [0.2, 0.25) is 0 Å². The molecule has 1 fully saturated rings. The number of nitrogen functional groups attached to an aromatic ring is 1. The maximum Gasteiger partial charge on any atom is 0.292 e. The maximum absolute atomic E-state index is 12.6. The largest absolute Gasteiger partial charge is 0.431 e. The molecule has 1 aliphatic rings. The Morgan fingerprint density at radius 2 is 2.00 bits per heavy atom. The summed E-state index contributed by atoms with van der Waals surface area (Å²) in [5.41, 5.74) is 6.89. The molecule has 1 saturated heterocycles. The number of halogens is 1. The van der Waals surface area contributed by atoms with Crippen LogP contribution in [-0.4, -0.2) is 68.1 Å². The Morgan fingerprint density at radius 1 is 1.29 bits per heavy atom. The van der Waals surface area contributed by atoms with Gasteiger partial charge in [0, 0.05) is 43.2 Å². The van der Waals surface area contributed by atoms with Gasteiger partial charge in [0.25, 0.3) is 11.9 Å². The molecule has 3 rings (SSSR count). The summed E-state index contributed by atoms with van der Waals surface area (Å²) >= 11 is 3.48. The van der Waals surface area contributed by atoms with Gasteiger partial charge in [0.15, 0.2) is 5.69 Å². The first-order valence-corrected chi connectivity index (χ1v) is 12.3. The van der Waals surface area contributed by atoms with E-state index in [1.54, 1.807) is 0 Å². The second kappa shape index (κ2) is 9.98. The average molecular weight is 515 g/mol. The van der Waals surface area contributed by atoms with E-state index in [9.17, 15) is 13.2 Å². The van der Waals surface area contributed by atoms with Gasteiger partial charge in [-0.2, -0.15) is 9.29 Å². The molecule has 1 aliphatic heterocycles. The highest BCUT2D eigenvalue weighted by Crippen LogP contribution is 2.34. The molecular weight excluding hydrogens is 488 g/mol. The number of piperazine rings is 1. The number of para-hydroxylation sites is 1. The van der Waals surface area contributed by atoms with Crippen LogP contribution in [0.4, 0.5) is 17.4 Å². The molecule has 1 amide bonds. The molecule has 0 saturated carbocycles. The van der Waals surface area contributed by atoms with Gasteiger partial charge in [-0.3, -0.25) is 4.79 Å². The van der Waals surface area contributed by atoms with Gasteiger partial charge in [-0.1, -0.05) is 19.9 Å². The highest BCUT2D eigenvalue weighted by Gasteiger charge is 2.28. The Kier molecular flexibility index (Phi) is 7.57. The number of nitrogens with zero attached hydrogens (tertiary/aromatic N) is 3. The van der Waals surface area contributed by atoms with Gasteiger partial charge in [-0.15, -0.1) is 0 Å². The number of oxazole rings is 1. The van der Waals surface area contributed by atoms with E-state index in [1.807, 2.05) is 32.0 Å². The van der Waals surface area contributed by atoms with Gasteiger partial charge >= 0.3 is 0 Å².